The summed E-state index contributed by atoms with van der Waals surface area (Å²) >= 11 is 0. The number of ketones is 2. The molecule has 0 bridgehead atoms. The molecule has 14 amide bonds. The number of Topliss-reactive ketones (excluding diaryl/α,β-unsaturated/α-hetero) is 2. The van der Waals surface area contributed by atoms with E-state index in [-0.39, 0.29) is 202 Å². The summed E-state index contributed by atoms with van der Waals surface area (Å²) in [6, 6.07) is 0. The van der Waals surface area contributed by atoms with Crippen molar-refractivity contribution in [3.05, 3.63) is 0 Å². The highest BCUT2D eigenvalue weighted by Crippen LogP contribution is 2.58. The predicted octanol–water partition coefficient (Wildman–Crippen LogP) is 7.03. The molecule has 0 aromatic heterocycles. The summed E-state index contributed by atoms with van der Waals surface area (Å²) in [6.45, 7) is 23.9. The normalized spacial score (nSPS) is 14.9. The van der Waals surface area contributed by atoms with Gasteiger partial charge in [0, 0.05) is 159 Å². The first-order valence-corrected chi connectivity index (χ1v) is 46.1. The molecule has 0 unspecified atom stereocenters. The Labute approximate surface area is 712 Å². The van der Waals surface area contributed by atoms with E-state index < -0.39 is 113 Å². The van der Waals surface area contributed by atoms with Gasteiger partial charge in [-0.3, -0.25) is 62.3 Å². The first-order chi connectivity index (χ1) is 54.8. The van der Waals surface area contributed by atoms with E-state index >= 15 is 0 Å². The molecule has 5 aliphatic rings. The van der Waals surface area contributed by atoms with Crippen LogP contribution >= 0.6 is 64.8 Å². The fourth-order valence-electron chi connectivity index (χ4n) is 10.4. The third-order valence-corrected chi connectivity index (χ3v) is 21.8. The number of amides is 14. The number of hydroxylamine groups is 2. The molecule has 37 nitrogen and oxygen atoms in total. The average molecular weight is 1780 g/mol. The molecule has 5 fully saturated rings. The second-order valence-electron chi connectivity index (χ2n) is 30.8. The van der Waals surface area contributed by atoms with Crippen molar-refractivity contribution in [3.8, 4) is 0 Å². The first kappa shape index (κ1) is 105. The molecule has 2 atom stereocenters. The van der Waals surface area contributed by atoms with Crippen LogP contribution in [0, 0.1) is 11.8 Å². The van der Waals surface area contributed by atoms with Crippen molar-refractivity contribution in [2.45, 2.75) is 250 Å². The number of esters is 1. The second kappa shape index (κ2) is 54.5. The van der Waals surface area contributed by atoms with E-state index in [2.05, 4.69) is 31.9 Å². The molecular formula is C74H127N13O24S6. The van der Waals surface area contributed by atoms with E-state index in [1.807, 2.05) is 35.4 Å². The van der Waals surface area contributed by atoms with Gasteiger partial charge < -0.3 is 91.5 Å². The number of ether oxygens (including phenoxy) is 5. The topological polar surface area (TPSA) is 503 Å². The number of carbonyl (C=O) groups is 18. The molecular weight excluding hydrogens is 1650 g/mol. The molecule has 668 valence electrons. The van der Waals surface area contributed by atoms with Gasteiger partial charge in [-0.25, -0.2) is 24.0 Å². The SMILES string of the molecule is C1SS1.CC.CC(C)(C)OC(=O)NCCC(=O)N(CCC(=O)NCCCC[C@@H](C(N)=O)C1SS1)CCN(CCC(=O)NCCCC[C@@H](C(N)=O)C1SS1)C(=O)CCNC(=O)OC(C)(C)C.CC(C)(C)OC(=O)NCCC(=O)N(CCC(=O)OC1C(=O)CCC1=O)CCN(CCC(=O)ON1C(=O)CCC1=O)C(=O)CCNC(=O)OC(C)(C)C.[HH].[HH]. The summed E-state index contributed by atoms with van der Waals surface area (Å²) in [5.41, 5.74) is 8.02. The van der Waals surface area contributed by atoms with Gasteiger partial charge in [0.2, 0.25) is 53.4 Å². The number of alkyl carbamates (subject to hydrolysis) is 4. The fourth-order valence-corrected chi connectivity index (χ4v) is 14.2. The van der Waals surface area contributed by atoms with Crippen LogP contribution < -0.4 is 43.4 Å². The van der Waals surface area contributed by atoms with E-state index in [1.165, 1.54) is 24.7 Å². The first-order valence-electron chi connectivity index (χ1n) is 39.1. The van der Waals surface area contributed by atoms with Crippen LogP contribution in [0.1, 0.15) is 215 Å². The summed E-state index contributed by atoms with van der Waals surface area (Å²) in [4.78, 5) is 234. The smallest absolute Gasteiger partial charge is 0.407 e. The molecule has 1 saturated carbocycles. The summed E-state index contributed by atoms with van der Waals surface area (Å²) < 4.78 is 26.3. The molecule has 4 heterocycles. The largest absolute Gasteiger partial charge is 0.446 e. The number of nitrogens with two attached hydrogens (primary N) is 2. The van der Waals surface area contributed by atoms with Crippen LogP contribution in [-0.4, -0.2) is 266 Å². The molecule has 43 heteroatoms. The fraction of sp³-hybridized carbons (Fsp3) is 0.757. The molecule has 10 N–H and O–H groups in total. The van der Waals surface area contributed by atoms with Gasteiger partial charge in [-0.2, -0.15) is 0 Å². The zero-order valence-electron chi connectivity index (χ0n) is 69.9. The Morgan fingerprint density at radius 1 is 0.402 bits per heavy atom. The lowest BCUT2D eigenvalue weighted by Crippen LogP contribution is -2.45. The van der Waals surface area contributed by atoms with Crippen molar-refractivity contribution in [2.24, 2.45) is 23.3 Å². The van der Waals surface area contributed by atoms with Gasteiger partial charge >= 0.3 is 36.3 Å². The van der Waals surface area contributed by atoms with E-state index in [9.17, 15) is 86.3 Å². The lowest BCUT2D eigenvalue weighted by molar-refractivity contribution is -0.197. The Kier molecular flexibility index (Phi) is 49.1. The van der Waals surface area contributed by atoms with Gasteiger partial charge in [-0.05, 0) is 109 Å². The van der Waals surface area contributed by atoms with Crippen LogP contribution in [0.2, 0.25) is 0 Å². The number of imide groups is 1. The Hall–Kier alpha value is -7.64. The molecule has 0 aromatic rings. The molecule has 0 aromatic carbocycles. The van der Waals surface area contributed by atoms with E-state index in [0.29, 0.717) is 56.7 Å². The third kappa shape index (κ3) is 50.8. The van der Waals surface area contributed by atoms with Crippen LogP contribution in [0.4, 0.5) is 19.2 Å². The van der Waals surface area contributed by atoms with Crippen molar-refractivity contribution in [1.29, 1.82) is 0 Å². The molecule has 4 aliphatic heterocycles. The quantitative estimate of drug-likeness (QED) is 0.00576. The number of unbranched alkanes of at least 4 members (excludes halogenated alkanes) is 2. The standard InChI is InChI=1S/C38H66N8O10S4.C33H49N5O14.C2H6.CH2S2.2H2/c1-37(2,3)55-35(53)43-19-13-29(49)45(21-15-27(47)41-17-9-7-11-25(31(39)51)33-57-58-33)23-24-46(30(50)14-20-44-36(54)56-38(4,5)6)22-16-28(48)42-18-10-8-12-26(32(40)52)34-59-60-34;1-32(2,3)50-30(47)34-15-11-23(41)36(17-13-27(45)49-29-21(39)7-8-22(29)40)19-20-37(24(42)12-16-35-31(48)51-33(4,5)6)18-14-28(46)52-38-25(43)9-10-26(38)44;1-2;1-2-3-1;;/h25-26,33-34H,7-24H2,1-6H3,(H2,39,51)(H2,40,52)(H,41,47)(H,42,48)(H,43,53)(H,44,54);29H,7-20H2,1-6H3,(H,34,47)(H,35,48);1-2H3;1H2;2*1H/t25-,26-;;;;;/m0...../s1. The lowest BCUT2D eigenvalue weighted by Gasteiger charge is -2.28. The van der Waals surface area contributed by atoms with Crippen LogP contribution in [-0.2, 0) is 95.6 Å². The lowest BCUT2D eigenvalue weighted by atomic mass is 10.0. The Morgan fingerprint density at radius 3 is 0.949 bits per heavy atom. The maximum atomic E-state index is 13.5. The van der Waals surface area contributed by atoms with Crippen LogP contribution in [0.25, 0.3) is 0 Å². The molecule has 0 radical (unpaired) electrons. The molecule has 4 saturated heterocycles. The molecule has 1 aliphatic carbocycles. The number of nitrogens with one attached hydrogen (secondary N) is 6. The zero-order valence-corrected chi connectivity index (χ0v) is 74.8. The molecule has 5 rings (SSSR count). The maximum Gasteiger partial charge on any atom is 0.407 e. The molecule has 0 spiro atoms. The third-order valence-electron chi connectivity index (χ3n) is 16.2. The highest BCUT2D eigenvalue weighted by atomic mass is 33.2. The van der Waals surface area contributed by atoms with Crippen molar-refractivity contribution >= 4 is 172 Å². The van der Waals surface area contributed by atoms with Gasteiger partial charge in [-0.15, -0.1) is 5.06 Å². The minimum atomic E-state index is -1.50. The van der Waals surface area contributed by atoms with Gasteiger partial charge in [0.1, 0.15) is 22.4 Å². The summed E-state index contributed by atoms with van der Waals surface area (Å²) in [6.07, 6.45) is -2.30. The van der Waals surface area contributed by atoms with E-state index in [4.69, 9.17) is 40.0 Å². The van der Waals surface area contributed by atoms with Crippen molar-refractivity contribution in [3.63, 3.8) is 0 Å². The van der Waals surface area contributed by atoms with Crippen molar-refractivity contribution in [1.82, 2.24) is 56.6 Å². The summed E-state index contributed by atoms with van der Waals surface area (Å²) in [5, 5.41) is 17.5. The Bertz CT molecular complexity index is 3120. The number of nitrogens with zero attached hydrogens (tertiary/aromatic N) is 5. The second-order valence-corrected chi connectivity index (χ2v) is 39.3. The predicted molar refractivity (Wildman–Crippen MR) is 449 cm³/mol. The minimum absolute atomic E-state index is 0. The maximum absolute atomic E-state index is 13.5. The van der Waals surface area contributed by atoms with Crippen molar-refractivity contribution in [2.75, 3.05) is 96.7 Å². The number of rotatable bonds is 46. The average Bonchev–Trinajstić information content (AvgIpc) is 1.73. The highest BCUT2D eigenvalue weighted by Gasteiger charge is 2.40. The van der Waals surface area contributed by atoms with Crippen LogP contribution in [0.5, 0.6) is 0 Å². The number of carbonyl (C=O) groups excluding carboxylic acids is 18. The zero-order chi connectivity index (χ0) is 88.2. The van der Waals surface area contributed by atoms with Crippen LogP contribution in [0.15, 0.2) is 0 Å². The van der Waals surface area contributed by atoms with Gasteiger partial charge in [0.05, 0.1) is 38.9 Å². The minimum Gasteiger partial charge on any atom is -0.446 e. The van der Waals surface area contributed by atoms with Gasteiger partial charge in [0.15, 0.2) is 11.6 Å². The Morgan fingerprint density at radius 2 is 0.684 bits per heavy atom. The Balaban J connectivity index is 0.00000219. The monoisotopic (exact) mass is 1770 g/mol. The van der Waals surface area contributed by atoms with Gasteiger partial charge in [0.25, 0.3) is 11.8 Å². The van der Waals surface area contributed by atoms with Gasteiger partial charge in [-0.1, -0.05) is 91.5 Å². The highest BCUT2D eigenvalue weighted by molar-refractivity contribution is 8.93. The van der Waals surface area contributed by atoms with Crippen molar-refractivity contribution < 1.29 is 118 Å². The van der Waals surface area contributed by atoms with Crippen LogP contribution in [0.3, 0.4) is 0 Å². The summed E-state index contributed by atoms with van der Waals surface area (Å²) in [5.74, 6) is -7.78. The van der Waals surface area contributed by atoms with E-state index in [1.54, 1.807) is 126 Å². The number of primary amides is 2. The van der Waals surface area contributed by atoms with E-state index in [0.717, 1.165) is 0 Å². The summed E-state index contributed by atoms with van der Waals surface area (Å²) in [7, 11) is 10.4. The number of hydrogen-bond acceptors (Lipinski definition) is 30. The number of hydrogen-bond donors (Lipinski definition) is 8. The molecule has 117 heavy (non-hydrogen) atoms.